The van der Waals surface area contributed by atoms with Gasteiger partial charge in [0, 0.05) is 47.4 Å². The summed E-state index contributed by atoms with van der Waals surface area (Å²) < 4.78 is 0. The third kappa shape index (κ3) is 5.95. The molecule has 0 N–H and O–H groups in total. The van der Waals surface area contributed by atoms with Crippen LogP contribution >= 0.6 is 11.8 Å². The monoisotopic (exact) mass is 459 g/mol. The first-order valence-corrected chi connectivity index (χ1v) is 13.5. The minimum Gasteiger partial charge on any atom is -0.373 e. The molecule has 1 saturated heterocycles. The molecule has 0 spiro atoms. The lowest BCUT2D eigenvalue weighted by molar-refractivity contribution is 0.0989. The second kappa shape index (κ2) is 11.7. The number of carbonyl (C=O) groups is 1. The number of unbranched alkanes of at least 4 members (excludes halogenated alkanes) is 4. The van der Waals surface area contributed by atoms with Gasteiger partial charge in [-0.05, 0) is 73.2 Å². The van der Waals surface area contributed by atoms with Gasteiger partial charge in [-0.2, -0.15) is 0 Å². The molecule has 2 heterocycles. The van der Waals surface area contributed by atoms with Crippen molar-refractivity contribution in [3.05, 3.63) is 53.6 Å². The van der Waals surface area contributed by atoms with Gasteiger partial charge >= 0.3 is 0 Å². The molecule has 4 nitrogen and oxygen atoms in total. The molecule has 0 saturated carbocycles. The third-order valence-corrected chi connectivity index (χ3v) is 7.92. The zero-order valence-electron chi connectivity index (χ0n) is 19.8. The number of hydrogen-bond acceptors (Lipinski definition) is 4. The van der Waals surface area contributed by atoms with Crippen LogP contribution in [0.5, 0.6) is 0 Å². The molecular formula is C27H34BN3OS. The first kappa shape index (κ1) is 23.8. The lowest BCUT2D eigenvalue weighted by Crippen LogP contribution is -2.36. The molecule has 0 aliphatic carbocycles. The molecule has 2 aliphatic rings. The second-order valence-corrected chi connectivity index (χ2v) is 10.4. The normalized spacial score (nSPS) is 15.5. The van der Waals surface area contributed by atoms with Gasteiger partial charge < -0.3 is 9.80 Å². The van der Waals surface area contributed by atoms with Crippen molar-refractivity contribution >= 4 is 35.8 Å². The molecule has 6 heteroatoms. The number of fused-ring (bicyclic) bond motifs is 1. The molecule has 0 atom stereocenters. The minimum absolute atomic E-state index is 0.0823. The Bertz CT molecular complexity index is 997. The lowest BCUT2D eigenvalue weighted by Gasteiger charge is -2.30. The van der Waals surface area contributed by atoms with Crippen molar-refractivity contribution in [2.24, 2.45) is 0 Å². The standard InChI is InChI=1S/C27H34BN3OS/c1-2-3-4-5-6-18-33-25-10-11-26-22(20-25)12-15-31(26)27(32)23-8-7-9-24(19-23)30-16-13-28(21-29)14-17-30/h7-11,19-20H,2-6,12-18H2,1H3. The van der Waals surface area contributed by atoms with Crippen molar-refractivity contribution in [3.8, 4) is 5.97 Å². The lowest BCUT2D eigenvalue weighted by atomic mass is 9.45. The van der Waals surface area contributed by atoms with E-state index in [9.17, 15) is 4.79 Å². The summed E-state index contributed by atoms with van der Waals surface area (Å²) in [4.78, 5) is 18.9. The summed E-state index contributed by atoms with van der Waals surface area (Å²) in [5, 5.41) is 9.15. The van der Waals surface area contributed by atoms with Crippen molar-refractivity contribution < 1.29 is 4.79 Å². The zero-order valence-corrected chi connectivity index (χ0v) is 20.6. The Morgan fingerprint density at radius 3 is 2.67 bits per heavy atom. The molecule has 172 valence electrons. The number of rotatable bonds is 9. The fraction of sp³-hybridized carbons (Fsp3) is 0.481. The van der Waals surface area contributed by atoms with Gasteiger partial charge in [0.25, 0.3) is 12.6 Å². The molecule has 1 fully saturated rings. The summed E-state index contributed by atoms with van der Waals surface area (Å²) in [7, 11) is 0. The van der Waals surface area contributed by atoms with Crippen LogP contribution in [0.4, 0.5) is 11.4 Å². The first-order chi connectivity index (χ1) is 16.2. The molecule has 0 unspecified atom stereocenters. The topological polar surface area (TPSA) is 47.3 Å². The van der Waals surface area contributed by atoms with Gasteiger partial charge in [0.1, 0.15) is 0 Å². The van der Waals surface area contributed by atoms with Crippen molar-refractivity contribution in [2.45, 2.75) is 63.0 Å². The van der Waals surface area contributed by atoms with Gasteiger partial charge in [0.15, 0.2) is 0 Å². The van der Waals surface area contributed by atoms with Crippen LogP contribution < -0.4 is 9.80 Å². The van der Waals surface area contributed by atoms with E-state index in [1.807, 2.05) is 34.9 Å². The molecule has 2 aromatic rings. The molecular weight excluding hydrogens is 425 g/mol. The molecule has 1 amide bonds. The SMILES string of the molecule is CCCCCCCSc1ccc2c(c1)CCN2C(=O)c1cccc(N2CCB(C#N)CC2)c1. The predicted octanol–water partition coefficient (Wildman–Crippen LogP) is 6.33. The number of benzene rings is 2. The van der Waals surface area contributed by atoms with E-state index in [1.165, 1.54) is 48.3 Å². The highest BCUT2D eigenvalue weighted by Crippen LogP contribution is 2.34. The van der Waals surface area contributed by atoms with Gasteiger partial charge in [-0.3, -0.25) is 4.79 Å². The average Bonchev–Trinajstić information content (AvgIpc) is 3.29. The van der Waals surface area contributed by atoms with Crippen LogP contribution in [-0.2, 0) is 6.42 Å². The molecule has 2 aliphatic heterocycles. The van der Waals surface area contributed by atoms with Crippen molar-refractivity contribution in [1.29, 1.82) is 5.26 Å². The van der Waals surface area contributed by atoms with Gasteiger partial charge in [-0.25, -0.2) is 5.26 Å². The smallest absolute Gasteiger partial charge is 0.271 e. The first-order valence-electron chi connectivity index (χ1n) is 12.5. The molecule has 0 radical (unpaired) electrons. The predicted molar refractivity (Wildman–Crippen MR) is 141 cm³/mol. The van der Waals surface area contributed by atoms with E-state index < -0.39 is 0 Å². The van der Waals surface area contributed by atoms with Gasteiger partial charge in [-0.1, -0.05) is 38.7 Å². The Labute approximate surface area is 203 Å². The third-order valence-electron chi connectivity index (χ3n) is 6.84. The zero-order chi connectivity index (χ0) is 23.0. The second-order valence-electron chi connectivity index (χ2n) is 9.20. The average molecular weight is 459 g/mol. The van der Waals surface area contributed by atoms with Crippen LogP contribution in [0.15, 0.2) is 47.4 Å². The van der Waals surface area contributed by atoms with Crippen LogP contribution in [-0.4, -0.2) is 38.0 Å². The Balaban J connectivity index is 1.37. The van der Waals surface area contributed by atoms with Gasteiger partial charge in [0.05, 0.1) is 0 Å². The Morgan fingerprint density at radius 1 is 1.06 bits per heavy atom. The fourth-order valence-electron chi connectivity index (χ4n) is 4.83. The van der Waals surface area contributed by atoms with E-state index in [4.69, 9.17) is 5.26 Å². The van der Waals surface area contributed by atoms with Gasteiger partial charge in [-0.15, -0.1) is 11.8 Å². The molecule has 33 heavy (non-hydrogen) atoms. The van der Waals surface area contributed by atoms with Crippen LogP contribution in [0.1, 0.15) is 54.9 Å². The summed E-state index contributed by atoms with van der Waals surface area (Å²) >= 11 is 1.94. The van der Waals surface area contributed by atoms with Gasteiger partial charge in [0.2, 0.25) is 0 Å². The van der Waals surface area contributed by atoms with E-state index in [1.54, 1.807) is 0 Å². The van der Waals surface area contributed by atoms with E-state index in [0.29, 0.717) is 0 Å². The Kier molecular flexibility index (Phi) is 8.39. The van der Waals surface area contributed by atoms with E-state index in [0.717, 1.165) is 55.6 Å². The number of nitriles is 1. The highest BCUT2D eigenvalue weighted by Gasteiger charge is 2.27. The maximum atomic E-state index is 13.4. The number of amides is 1. The number of carbonyl (C=O) groups excluding carboxylic acids is 1. The largest absolute Gasteiger partial charge is 0.373 e. The molecule has 2 aromatic carbocycles. The summed E-state index contributed by atoms with van der Waals surface area (Å²) in [5.41, 5.74) is 4.18. The fourth-order valence-corrected chi connectivity index (χ4v) is 5.81. The maximum Gasteiger partial charge on any atom is 0.271 e. The molecule has 0 bridgehead atoms. The van der Waals surface area contributed by atoms with Crippen molar-refractivity contribution in [1.82, 2.24) is 0 Å². The summed E-state index contributed by atoms with van der Waals surface area (Å²) in [5.74, 6) is 3.64. The molecule has 0 aromatic heterocycles. The van der Waals surface area contributed by atoms with Crippen LogP contribution in [0, 0.1) is 11.2 Å². The quantitative estimate of drug-likeness (QED) is 0.250. The van der Waals surface area contributed by atoms with Crippen molar-refractivity contribution in [2.75, 3.05) is 35.2 Å². The van der Waals surface area contributed by atoms with Crippen LogP contribution in [0.2, 0.25) is 12.6 Å². The summed E-state index contributed by atoms with van der Waals surface area (Å²) in [6.07, 6.45) is 9.29. The summed E-state index contributed by atoms with van der Waals surface area (Å²) in [6, 6.07) is 14.6. The number of nitrogens with zero attached hydrogens (tertiary/aromatic N) is 3. The van der Waals surface area contributed by atoms with E-state index in [-0.39, 0.29) is 12.6 Å². The molecule has 4 rings (SSSR count). The minimum atomic E-state index is 0.0823. The van der Waals surface area contributed by atoms with E-state index in [2.05, 4.69) is 42.1 Å². The highest BCUT2D eigenvalue weighted by atomic mass is 32.2. The number of anilines is 2. The number of thioether (sulfide) groups is 1. The number of hydrogen-bond donors (Lipinski definition) is 0. The Hall–Kier alpha value is -2.39. The van der Waals surface area contributed by atoms with Crippen molar-refractivity contribution in [3.63, 3.8) is 0 Å². The van der Waals surface area contributed by atoms with Crippen LogP contribution in [0.25, 0.3) is 0 Å². The van der Waals surface area contributed by atoms with E-state index >= 15 is 0 Å². The highest BCUT2D eigenvalue weighted by molar-refractivity contribution is 7.99. The maximum absolute atomic E-state index is 13.4. The Morgan fingerprint density at radius 2 is 1.88 bits per heavy atom. The van der Waals surface area contributed by atoms with Crippen LogP contribution in [0.3, 0.4) is 0 Å². The summed E-state index contributed by atoms with van der Waals surface area (Å²) in [6.45, 7) is 4.92.